The van der Waals surface area contributed by atoms with Crippen LogP contribution in [0.15, 0.2) is 12.2 Å². The fourth-order valence-electron chi connectivity index (χ4n) is 7.48. The normalized spacial score (nSPS) is 56.5. The Morgan fingerprint density at radius 2 is 1.68 bits per heavy atom. The van der Waals surface area contributed by atoms with E-state index in [0.29, 0.717) is 30.0 Å². The van der Waals surface area contributed by atoms with E-state index in [2.05, 4.69) is 26.0 Å². The molecule has 4 aliphatic rings. The zero-order valence-electron chi connectivity index (χ0n) is 14.3. The number of rotatable bonds is 2. The molecule has 6 atom stereocenters. The second kappa shape index (κ2) is 4.60. The predicted molar refractivity (Wildman–Crippen MR) is 88.3 cm³/mol. The summed E-state index contributed by atoms with van der Waals surface area (Å²) in [4.78, 5) is 0. The quantitative estimate of drug-likeness (QED) is 0.759. The van der Waals surface area contributed by atoms with Gasteiger partial charge in [0.15, 0.2) is 0 Å². The largest absolute Gasteiger partial charge is 0.396 e. The van der Waals surface area contributed by atoms with Crippen LogP contribution in [0, 0.1) is 33.5 Å². The van der Waals surface area contributed by atoms with Crippen LogP contribution in [0.25, 0.3) is 0 Å². The molecule has 0 unspecified atom stereocenters. The van der Waals surface area contributed by atoms with Gasteiger partial charge in [0.2, 0.25) is 0 Å². The Labute approximate surface area is 135 Å². The Morgan fingerprint density at radius 3 is 2.41 bits per heavy atom. The molecule has 124 valence electrons. The van der Waals surface area contributed by atoms with Gasteiger partial charge in [-0.1, -0.05) is 32.4 Å². The Kier molecular flexibility index (Phi) is 3.18. The van der Waals surface area contributed by atoms with Gasteiger partial charge >= 0.3 is 0 Å². The number of fused-ring (bicyclic) bond motifs is 3. The minimum absolute atomic E-state index is 0.0919. The van der Waals surface area contributed by atoms with Crippen LogP contribution >= 0.6 is 0 Å². The van der Waals surface area contributed by atoms with Crippen molar-refractivity contribution in [3.63, 3.8) is 0 Å². The Hall–Kier alpha value is -0.340. The van der Waals surface area contributed by atoms with E-state index in [4.69, 9.17) is 0 Å². The SMILES string of the molecule is C[C@]1(CO)CCC[C@@]2(C)[C@H]1CC[C@]13C=C[C@](CO)(CC[C@@H]12)C3. The molecule has 2 heteroatoms. The summed E-state index contributed by atoms with van der Waals surface area (Å²) in [5.74, 6) is 1.42. The van der Waals surface area contributed by atoms with Crippen LogP contribution in [0.3, 0.4) is 0 Å². The summed E-state index contributed by atoms with van der Waals surface area (Å²) < 4.78 is 0. The second-order valence-corrected chi connectivity index (χ2v) is 9.62. The van der Waals surface area contributed by atoms with E-state index in [9.17, 15) is 10.2 Å². The third-order valence-electron chi connectivity index (χ3n) is 8.55. The average molecular weight is 304 g/mol. The molecule has 1 spiro atoms. The molecule has 4 rings (SSSR count). The Balaban J connectivity index is 1.72. The topological polar surface area (TPSA) is 40.5 Å². The van der Waals surface area contributed by atoms with Crippen molar-refractivity contribution in [2.24, 2.45) is 33.5 Å². The molecule has 4 aliphatic carbocycles. The number of aliphatic hydroxyl groups excluding tert-OH is 2. The van der Waals surface area contributed by atoms with Gasteiger partial charge in [0.05, 0.1) is 6.61 Å². The lowest BCUT2D eigenvalue weighted by atomic mass is 9.40. The molecule has 2 bridgehead atoms. The van der Waals surface area contributed by atoms with Gasteiger partial charge in [0.1, 0.15) is 0 Å². The molecule has 0 amide bonds. The maximum atomic E-state index is 10.1. The molecule has 0 aromatic carbocycles. The minimum Gasteiger partial charge on any atom is -0.396 e. The van der Waals surface area contributed by atoms with Gasteiger partial charge in [-0.3, -0.25) is 0 Å². The third kappa shape index (κ3) is 1.74. The molecule has 22 heavy (non-hydrogen) atoms. The summed E-state index contributed by atoms with van der Waals surface area (Å²) in [7, 11) is 0. The average Bonchev–Trinajstić information content (AvgIpc) is 2.79. The molecular weight excluding hydrogens is 272 g/mol. The molecule has 0 aromatic heterocycles. The molecule has 3 fully saturated rings. The van der Waals surface area contributed by atoms with Gasteiger partial charge in [0.25, 0.3) is 0 Å². The lowest BCUT2D eigenvalue weighted by Gasteiger charge is -2.64. The van der Waals surface area contributed by atoms with Gasteiger partial charge in [-0.15, -0.1) is 0 Å². The molecule has 0 radical (unpaired) electrons. The molecule has 0 aromatic rings. The standard InChI is InChI=1S/C20H32O2/c1-17(13-21)6-3-7-18(2)15(17)5-9-20-11-10-19(12-20,14-22)8-4-16(18)20/h10-11,15-16,21-22H,3-9,12-14H2,1-2H3/t15-,16+,17+,18-,19+,20+/m0/s1. The van der Waals surface area contributed by atoms with Crippen LogP contribution in [0.2, 0.25) is 0 Å². The van der Waals surface area contributed by atoms with Gasteiger partial charge in [0, 0.05) is 12.0 Å². The number of aliphatic hydroxyl groups is 2. The lowest BCUT2D eigenvalue weighted by molar-refractivity contribution is -0.158. The second-order valence-electron chi connectivity index (χ2n) is 9.62. The first-order valence-electron chi connectivity index (χ1n) is 9.34. The van der Waals surface area contributed by atoms with Crippen molar-refractivity contribution in [2.45, 2.75) is 65.2 Å². The van der Waals surface area contributed by atoms with Crippen LogP contribution in [-0.4, -0.2) is 23.4 Å². The van der Waals surface area contributed by atoms with E-state index in [1.54, 1.807) is 0 Å². The van der Waals surface area contributed by atoms with Gasteiger partial charge in [-0.05, 0) is 73.0 Å². The van der Waals surface area contributed by atoms with Crippen molar-refractivity contribution < 1.29 is 10.2 Å². The van der Waals surface area contributed by atoms with Gasteiger partial charge in [-0.2, -0.15) is 0 Å². The third-order valence-corrected chi connectivity index (χ3v) is 8.55. The predicted octanol–water partition coefficient (Wildman–Crippen LogP) is 3.92. The van der Waals surface area contributed by atoms with E-state index in [-0.39, 0.29) is 10.8 Å². The lowest BCUT2D eigenvalue weighted by Crippen LogP contribution is -2.58. The van der Waals surface area contributed by atoms with Crippen LogP contribution in [-0.2, 0) is 0 Å². The highest BCUT2D eigenvalue weighted by atomic mass is 16.3. The molecular formula is C20H32O2. The van der Waals surface area contributed by atoms with Crippen LogP contribution < -0.4 is 0 Å². The zero-order chi connectivity index (χ0) is 15.6. The van der Waals surface area contributed by atoms with E-state index >= 15 is 0 Å². The highest BCUT2D eigenvalue weighted by Crippen LogP contribution is 2.71. The fraction of sp³-hybridized carbons (Fsp3) is 0.900. The van der Waals surface area contributed by atoms with Crippen LogP contribution in [0.1, 0.15) is 65.2 Å². The Bertz CT molecular complexity index is 500. The molecule has 2 nitrogen and oxygen atoms in total. The van der Waals surface area contributed by atoms with Crippen molar-refractivity contribution >= 4 is 0 Å². The molecule has 3 saturated carbocycles. The van der Waals surface area contributed by atoms with Gasteiger partial charge in [-0.25, -0.2) is 0 Å². The Morgan fingerprint density at radius 1 is 0.909 bits per heavy atom. The van der Waals surface area contributed by atoms with Gasteiger partial charge < -0.3 is 10.2 Å². The zero-order valence-corrected chi connectivity index (χ0v) is 14.3. The maximum Gasteiger partial charge on any atom is 0.0522 e. The maximum absolute atomic E-state index is 10.1. The first-order chi connectivity index (χ1) is 10.4. The van der Waals surface area contributed by atoms with E-state index in [0.717, 1.165) is 12.3 Å². The number of allylic oxidation sites excluding steroid dienone is 1. The van der Waals surface area contributed by atoms with Crippen LogP contribution in [0.5, 0.6) is 0 Å². The molecule has 0 aliphatic heterocycles. The van der Waals surface area contributed by atoms with Crippen molar-refractivity contribution in [1.29, 1.82) is 0 Å². The first kappa shape index (κ1) is 15.2. The summed E-state index contributed by atoms with van der Waals surface area (Å²) in [6, 6.07) is 0. The summed E-state index contributed by atoms with van der Waals surface area (Å²) in [6.07, 6.45) is 14.8. The van der Waals surface area contributed by atoms with Crippen molar-refractivity contribution in [1.82, 2.24) is 0 Å². The van der Waals surface area contributed by atoms with Crippen LogP contribution in [0.4, 0.5) is 0 Å². The molecule has 0 heterocycles. The van der Waals surface area contributed by atoms with Crippen molar-refractivity contribution in [2.75, 3.05) is 13.2 Å². The number of hydrogen-bond donors (Lipinski definition) is 2. The fourth-order valence-corrected chi connectivity index (χ4v) is 7.48. The molecule has 0 saturated heterocycles. The van der Waals surface area contributed by atoms with Crippen molar-refractivity contribution in [3.8, 4) is 0 Å². The van der Waals surface area contributed by atoms with Crippen molar-refractivity contribution in [3.05, 3.63) is 12.2 Å². The summed E-state index contributed by atoms with van der Waals surface area (Å²) >= 11 is 0. The summed E-state index contributed by atoms with van der Waals surface area (Å²) in [6.45, 7) is 5.54. The minimum atomic E-state index is 0.0919. The summed E-state index contributed by atoms with van der Waals surface area (Å²) in [5.41, 5.74) is 0.946. The monoisotopic (exact) mass is 304 g/mol. The summed E-state index contributed by atoms with van der Waals surface area (Å²) in [5, 5.41) is 19.9. The van der Waals surface area contributed by atoms with E-state index < -0.39 is 0 Å². The van der Waals surface area contributed by atoms with E-state index in [1.165, 1.54) is 44.9 Å². The molecule has 2 N–H and O–H groups in total. The smallest absolute Gasteiger partial charge is 0.0522 e. The highest BCUT2D eigenvalue weighted by molar-refractivity contribution is 5.26. The highest BCUT2D eigenvalue weighted by Gasteiger charge is 2.63. The number of hydrogen-bond acceptors (Lipinski definition) is 2. The van der Waals surface area contributed by atoms with E-state index in [1.807, 2.05) is 0 Å². The first-order valence-corrected chi connectivity index (χ1v) is 9.34.